The number of carbonyl (C=O) groups is 1. The Morgan fingerprint density at radius 2 is 1.17 bits per heavy atom. The number of hydrogen-bond donors (Lipinski definition) is 2. The van der Waals surface area contributed by atoms with Gasteiger partial charge in [0.25, 0.3) is 0 Å². The van der Waals surface area contributed by atoms with Crippen molar-refractivity contribution >= 4 is 6.03 Å². The van der Waals surface area contributed by atoms with Crippen LogP contribution in [0.3, 0.4) is 0 Å². The van der Waals surface area contributed by atoms with Crippen LogP contribution in [0.5, 0.6) is 0 Å². The summed E-state index contributed by atoms with van der Waals surface area (Å²) >= 11 is 0. The quantitative estimate of drug-likeness (QED) is 0.798. The minimum atomic E-state index is -0.777. The van der Waals surface area contributed by atoms with Crippen LogP contribution in [0, 0.1) is 23.3 Å². The molecule has 3 nitrogen and oxygen atoms in total. The Hall–Kier alpha value is -2.57. The van der Waals surface area contributed by atoms with Gasteiger partial charge in [-0.15, -0.1) is 0 Å². The van der Waals surface area contributed by atoms with Crippen LogP contribution in [0.4, 0.5) is 22.4 Å². The fraction of sp³-hybridized carbons (Fsp3) is 0.235. The fourth-order valence-electron chi connectivity index (χ4n) is 2.30. The third-order valence-corrected chi connectivity index (χ3v) is 3.55. The van der Waals surface area contributed by atoms with Gasteiger partial charge < -0.3 is 10.6 Å². The molecule has 0 aromatic heterocycles. The summed E-state index contributed by atoms with van der Waals surface area (Å²) in [6, 6.07) is 3.98. The Labute approximate surface area is 136 Å². The Balaban J connectivity index is 2.01. The van der Waals surface area contributed by atoms with E-state index in [-0.39, 0.29) is 11.1 Å². The van der Waals surface area contributed by atoms with E-state index in [9.17, 15) is 22.4 Å². The largest absolute Gasteiger partial charge is 0.332 e. The first-order chi connectivity index (χ1) is 11.3. The Morgan fingerprint density at radius 1 is 0.792 bits per heavy atom. The highest BCUT2D eigenvalue weighted by atomic mass is 19.1. The number of benzene rings is 2. The van der Waals surface area contributed by atoms with Crippen molar-refractivity contribution in [2.24, 2.45) is 0 Å². The predicted octanol–water partition coefficient (Wildman–Crippen LogP) is 4.36. The molecule has 0 spiro atoms. The maximum atomic E-state index is 13.7. The summed E-state index contributed by atoms with van der Waals surface area (Å²) in [7, 11) is 0. The Bertz CT molecular complexity index is 690. The number of urea groups is 1. The van der Waals surface area contributed by atoms with Crippen molar-refractivity contribution in [3.8, 4) is 0 Å². The molecule has 0 radical (unpaired) electrons. The second kappa shape index (κ2) is 7.33. The average molecular weight is 340 g/mol. The van der Waals surface area contributed by atoms with Crippen LogP contribution < -0.4 is 10.6 Å². The topological polar surface area (TPSA) is 41.1 Å². The van der Waals surface area contributed by atoms with Crippen molar-refractivity contribution < 1.29 is 22.4 Å². The summed E-state index contributed by atoms with van der Waals surface area (Å²) in [5, 5.41) is 4.96. The summed E-state index contributed by atoms with van der Waals surface area (Å²) in [6.45, 7) is 3.05. The van der Waals surface area contributed by atoms with Gasteiger partial charge in [0.1, 0.15) is 23.3 Å². The number of rotatable bonds is 4. The summed E-state index contributed by atoms with van der Waals surface area (Å²) in [5.41, 5.74) is 0.235. The monoisotopic (exact) mass is 340 g/mol. The van der Waals surface area contributed by atoms with E-state index in [0.29, 0.717) is 0 Å². The third kappa shape index (κ3) is 4.24. The predicted molar refractivity (Wildman–Crippen MR) is 81.2 cm³/mol. The van der Waals surface area contributed by atoms with E-state index in [4.69, 9.17) is 0 Å². The molecule has 0 saturated carbocycles. The molecule has 2 aromatic carbocycles. The van der Waals surface area contributed by atoms with Gasteiger partial charge in [0.2, 0.25) is 0 Å². The lowest BCUT2D eigenvalue weighted by Gasteiger charge is -2.19. The first-order valence-corrected chi connectivity index (χ1v) is 7.25. The van der Waals surface area contributed by atoms with Crippen LogP contribution in [0.25, 0.3) is 0 Å². The van der Waals surface area contributed by atoms with E-state index < -0.39 is 41.4 Å². The second-order valence-corrected chi connectivity index (χ2v) is 5.39. The molecule has 2 amide bonds. The summed E-state index contributed by atoms with van der Waals surface area (Å²) in [5.74, 6) is -2.98. The Morgan fingerprint density at radius 3 is 1.50 bits per heavy atom. The molecule has 0 bridgehead atoms. The molecule has 128 valence electrons. The first-order valence-electron chi connectivity index (χ1n) is 7.25. The van der Waals surface area contributed by atoms with Gasteiger partial charge in [-0.3, -0.25) is 0 Å². The molecule has 2 unspecified atom stereocenters. The van der Waals surface area contributed by atoms with E-state index in [1.165, 1.54) is 26.0 Å². The van der Waals surface area contributed by atoms with Crippen LogP contribution in [0.1, 0.15) is 37.1 Å². The molecule has 0 heterocycles. The molecule has 0 aliphatic carbocycles. The maximum Gasteiger partial charge on any atom is 0.315 e. The molecule has 0 aliphatic heterocycles. The first kappa shape index (κ1) is 17.8. The van der Waals surface area contributed by atoms with Crippen molar-refractivity contribution in [3.05, 3.63) is 70.8 Å². The summed E-state index contributed by atoms with van der Waals surface area (Å²) in [6.07, 6.45) is 0. The van der Waals surface area contributed by atoms with Crippen LogP contribution >= 0.6 is 0 Å². The number of halogens is 4. The van der Waals surface area contributed by atoms with Crippen LogP contribution in [0.15, 0.2) is 36.4 Å². The van der Waals surface area contributed by atoms with Gasteiger partial charge in [-0.05, 0) is 26.0 Å². The summed E-state index contributed by atoms with van der Waals surface area (Å²) < 4.78 is 53.1. The number of carbonyl (C=O) groups excluding carboxylic acids is 1. The van der Waals surface area contributed by atoms with Crippen LogP contribution in [0.2, 0.25) is 0 Å². The van der Waals surface area contributed by atoms with Crippen molar-refractivity contribution in [1.82, 2.24) is 10.6 Å². The highest BCUT2D eigenvalue weighted by Crippen LogP contribution is 2.19. The standard InChI is InChI=1S/C17H16F4N2O/c1-9(13-5-3-11(18)7-15(13)20)22-17(24)23-10(2)14-6-4-12(19)8-16(14)21/h3-10H,1-2H3,(H2,22,23,24). The van der Waals surface area contributed by atoms with Gasteiger partial charge in [-0.2, -0.15) is 0 Å². The maximum absolute atomic E-state index is 13.7. The van der Waals surface area contributed by atoms with Crippen molar-refractivity contribution in [2.75, 3.05) is 0 Å². The van der Waals surface area contributed by atoms with E-state index in [1.54, 1.807) is 0 Å². The lowest BCUT2D eigenvalue weighted by molar-refractivity contribution is 0.234. The third-order valence-electron chi connectivity index (χ3n) is 3.55. The van der Waals surface area contributed by atoms with E-state index >= 15 is 0 Å². The number of nitrogens with one attached hydrogen (secondary N) is 2. The molecular formula is C17H16F4N2O. The smallest absolute Gasteiger partial charge is 0.315 e. The molecule has 24 heavy (non-hydrogen) atoms. The second-order valence-electron chi connectivity index (χ2n) is 5.39. The molecular weight excluding hydrogens is 324 g/mol. The van der Waals surface area contributed by atoms with E-state index in [0.717, 1.165) is 24.3 Å². The molecule has 2 atom stereocenters. The zero-order valence-electron chi connectivity index (χ0n) is 13.0. The number of hydrogen-bond acceptors (Lipinski definition) is 1. The molecule has 2 aromatic rings. The molecule has 0 aliphatic rings. The van der Waals surface area contributed by atoms with Crippen LogP contribution in [-0.4, -0.2) is 6.03 Å². The minimum Gasteiger partial charge on any atom is -0.332 e. The van der Waals surface area contributed by atoms with Gasteiger partial charge in [0, 0.05) is 23.3 Å². The lowest BCUT2D eigenvalue weighted by Crippen LogP contribution is -2.38. The Kier molecular flexibility index (Phi) is 5.43. The normalized spacial score (nSPS) is 13.2. The molecule has 2 N–H and O–H groups in total. The highest BCUT2D eigenvalue weighted by Gasteiger charge is 2.17. The molecule has 7 heteroatoms. The van der Waals surface area contributed by atoms with Gasteiger partial charge in [0.15, 0.2) is 0 Å². The molecule has 0 saturated heterocycles. The molecule has 0 fully saturated rings. The van der Waals surface area contributed by atoms with E-state index in [1.807, 2.05) is 0 Å². The highest BCUT2D eigenvalue weighted by molar-refractivity contribution is 5.75. The van der Waals surface area contributed by atoms with Crippen molar-refractivity contribution in [2.45, 2.75) is 25.9 Å². The number of amides is 2. The SMILES string of the molecule is CC(NC(=O)NC(C)c1ccc(F)cc1F)c1ccc(F)cc1F. The molecule has 2 rings (SSSR count). The zero-order chi connectivity index (χ0) is 17.9. The fourth-order valence-corrected chi connectivity index (χ4v) is 2.30. The lowest BCUT2D eigenvalue weighted by atomic mass is 10.1. The van der Waals surface area contributed by atoms with Crippen LogP contribution in [-0.2, 0) is 0 Å². The zero-order valence-corrected chi connectivity index (χ0v) is 13.0. The van der Waals surface area contributed by atoms with Gasteiger partial charge in [-0.1, -0.05) is 12.1 Å². The van der Waals surface area contributed by atoms with Crippen molar-refractivity contribution in [1.29, 1.82) is 0 Å². The average Bonchev–Trinajstić information content (AvgIpc) is 2.46. The minimum absolute atomic E-state index is 0.118. The van der Waals surface area contributed by atoms with Crippen molar-refractivity contribution in [3.63, 3.8) is 0 Å². The summed E-state index contributed by atoms with van der Waals surface area (Å²) in [4.78, 5) is 12.0. The van der Waals surface area contributed by atoms with E-state index in [2.05, 4.69) is 10.6 Å². The van der Waals surface area contributed by atoms with Gasteiger partial charge in [-0.25, -0.2) is 22.4 Å². The van der Waals surface area contributed by atoms with Gasteiger partial charge in [0.05, 0.1) is 12.1 Å². The van der Waals surface area contributed by atoms with Gasteiger partial charge >= 0.3 is 6.03 Å².